The van der Waals surface area contributed by atoms with Crippen molar-refractivity contribution in [2.45, 2.75) is 272 Å². The molecule has 0 unspecified atom stereocenters. The van der Waals surface area contributed by atoms with E-state index in [-0.39, 0.29) is 44.8 Å². The summed E-state index contributed by atoms with van der Waals surface area (Å²) in [6.45, 7) is -9.09. The van der Waals surface area contributed by atoms with Gasteiger partial charge in [0.15, 0.2) is 50.3 Å². The predicted octanol–water partition coefficient (Wildman–Crippen LogP) is -13.6. The number of anilines is 2. The second-order valence-corrected chi connectivity index (χ2v) is 31.4. The molecule has 40 atom stereocenters. The van der Waals surface area contributed by atoms with Crippen LogP contribution in [0, 0.1) is 0 Å². The highest BCUT2D eigenvalue weighted by Gasteiger charge is 2.57. The Kier molecular flexibility index (Phi) is 34.7. The van der Waals surface area contributed by atoms with Crippen molar-refractivity contribution in [3.05, 3.63) is 118 Å². The summed E-state index contributed by atoms with van der Waals surface area (Å²) >= 11 is 0. The molecule has 4 aromatic rings. The van der Waals surface area contributed by atoms with Crippen molar-refractivity contribution >= 4 is 23.2 Å². The van der Waals surface area contributed by atoms with E-state index in [9.17, 15) is 153 Å². The largest absolute Gasteiger partial charge is 0.394 e. The second-order valence-electron chi connectivity index (χ2n) is 31.4. The van der Waals surface area contributed by atoms with Gasteiger partial charge >= 0.3 is 0 Å². The van der Waals surface area contributed by atoms with Crippen LogP contribution in [0.3, 0.4) is 0 Å². The quantitative estimate of drug-likeness (QED) is 0.0211. The van der Waals surface area contributed by atoms with E-state index in [4.69, 9.17) is 75.8 Å². The van der Waals surface area contributed by atoms with Crippen molar-refractivity contribution in [1.82, 2.24) is 0 Å². The van der Waals surface area contributed by atoms with Gasteiger partial charge in [0.2, 0.25) is 0 Å². The lowest BCUT2D eigenvalue weighted by Crippen LogP contribution is -2.64. The topological polar surface area (TPSA) is 772 Å². The van der Waals surface area contributed by atoms with E-state index in [0.717, 1.165) is 0 Å². The molecule has 126 heavy (non-hydrogen) atoms. The van der Waals surface area contributed by atoms with Crippen molar-refractivity contribution in [3.8, 4) is 11.1 Å². The Balaban J connectivity index is 0.732. The van der Waals surface area contributed by atoms with Crippen molar-refractivity contribution in [3.63, 3.8) is 0 Å². The fourth-order valence-corrected chi connectivity index (χ4v) is 15.5. The number of aliphatic hydroxyl groups excluding tert-OH is 28. The minimum Gasteiger partial charge on any atom is -0.394 e. The molecule has 706 valence electrons. The lowest BCUT2D eigenvalue weighted by atomic mass is 9.97. The van der Waals surface area contributed by atoms with E-state index >= 15 is 0 Å². The lowest BCUT2D eigenvalue weighted by molar-refractivity contribution is -0.360. The molecule has 30 N–H and O–H groups in total. The van der Waals surface area contributed by atoms with Gasteiger partial charge in [0, 0.05) is 22.5 Å². The fourth-order valence-electron chi connectivity index (χ4n) is 15.5. The van der Waals surface area contributed by atoms with E-state index in [2.05, 4.69) is 10.6 Å². The van der Waals surface area contributed by atoms with Crippen LogP contribution in [0.1, 0.15) is 43.0 Å². The Morgan fingerprint density at radius 1 is 0.238 bits per heavy atom. The van der Waals surface area contributed by atoms with Crippen LogP contribution in [0.5, 0.6) is 0 Å². The van der Waals surface area contributed by atoms with E-state index < -0.39 is 337 Å². The molecular weight excluding hydrogens is 1700 g/mol. The Morgan fingerprint density at radius 2 is 0.429 bits per heavy atom. The predicted molar refractivity (Wildman–Crippen MR) is 405 cm³/mol. The molecule has 8 heterocycles. The van der Waals surface area contributed by atoms with Crippen molar-refractivity contribution < 1.29 is 228 Å². The van der Waals surface area contributed by atoms with Crippen LogP contribution < -0.4 is 10.6 Å². The summed E-state index contributed by atoms with van der Waals surface area (Å²) < 4.78 is 91.2. The molecule has 0 saturated carbocycles. The highest BCUT2D eigenvalue weighted by atomic mass is 16.8. The maximum absolute atomic E-state index is 14.2. The van der Waals surface area contributed by atoms with Gasteiger partial charge in [-0.2, -0.15) is 0 Å². The molecule has 0 aliphatic carbocycles. The number of benzene rings is 4. The van der Waals surface area contributed by atoms with E-state index in [1.165, 1.54) is 60.7 Å². The van der Waals surface area contributed by atoms with Crippen LogP contribution in [0.25, 0.3) is 11.1 Å². The number of amides is 2. The number of rotatable bonds is 33. The first-order valence-electron chi connectivity index (χ1n) is 40.1. The Bertz CT molecular complexity index is 3640. The fraction of sp³-hybridized carbons (Fsp3) is 0.667. The molecule has 0 aromatic heterocycles. The van der Waals surface area contributed by atoms with Crippen LogP contribution in [0.2, 0.25) is 0 Å². The normalized spacial score (nSPS) is 41.1. The Labute approximate surface area is 714 Å². The van der Waals surface area contributed by atoms with Gasteiger partial charge in [-0.05, 0) is 81.9 Å². The van der Waals surface area contributed by atoms with Crippen molar-refractivity contribution in [2.24, 2.45) is 0 Å². The van der Waals surface area contributed by atoms with Gasteiger partial charge in [-0.25, -0.2) is 0 Å². The summed E-state index contributed by atoms with van der Waals surface area (Å²) in [4.78, 5) is 28.5. The number of carbonyl (C=O) groups is 2. The smallest absolute Gasteiger partial charge is 0.255 e. The summed E-state index contributed by atoms with van der Waals surface area (Å²) in [6.07, 6.45) is -71.4. The van der Waals surface area contributed by atoms with Gasteiger partial charge in [0.05, 0.1) is 79.3 Å². The van der Waals surface area contributed by atoms with Crippen molar-refractivity contribution in [2.75, 3.05) is 63.5 Å². The highest BCUT2D eigenvalue weighted by Crippen LogP contribution is 2.38. The Hall–Kier alpha value is -5.94. The molecule has 12 rings (SSSR count). The lowest BCUT2D eigenvalue weighted by Gasteiger charge is -2.46. The summed E-state index contributed by atoms with van der Waals surface area (Å²) in [5.41, 5.74) is 2.00. The average molecular weight is 1810 g/mol. The first-order valence-corrected chi connectivity index (χ1v) is 40.1. The van der Waals surface area contributed by atoms with Gasteiger partial charge in [-0.1, -0.05) is 36.4 Å². The zero-order valence-electron chi connectivity index (χ0n) is 66.5. The van der Waals surface area contributed by atoms with Gasteiger partial charge in [0.25, 0.3) is 11.8 Å². The average Bonchev–Trinajstić information content (AvgIpc) is 0.789. The Morgan fingerprint density at radius 3 is 0.627 bits per heavy atom. The first-order chi connectivity index (χ1) is 60.2. The standard InChI is InChI=1S/C78H108N2O46/c81-15-37-45(89)49(93)57(101)75(115-37)123-65-41(19-85)119-71(61(105)53(65)97)111-23-27-9-28(24-112-72-62(106)54(98)66(42(20-86)120-72)124-76-58(102)50(94)46(90)38(16-82)116-76)12-35(11-27)79-69(109)33-5-1-31(2-6-33)32-3-7-34(8-4-32)70(110)80-36-13-29(25-113-73-63(107)55(99)67(43(21-87)121-73)125-77-59(103)51(95)47(91)39(17-83)117-77)10-30(14-36)26-114-74-64(108)56(100)68(44(22-88)122-74)126-78-60(104)52(96)48(92)40(18-84)118-78/h1-14,37-68,71-78,81-108H,15-26H2,(H,79,109)(H,80,110)/t37-,38-,39-,40-,41-,42-,43-,44-,45+,46+,47+,48+,49+,50+,51+,52+,53-,54-,55-,56-,57-,58-,59-,60-,61-,62-,63-,64-,65-,66-,67-,68-,71-,72-,73-,74-,75+,76+,77+,78+/m1/s1. The second kappa shape index (κ2) is 44.1. The molecule has 4 aromatic carbocycles. The van der Waals surface area contributed by atoms with Crippen molar-refractivity contribution in [1.29, 1.82) is 0 Å². The molecule has 48 heteroatoms. The van der Waals surface area contributed by atoms with E-state index in [0.29, 0.717) is 11.1 Å². The van der Waals surface area contributed by atoms with E-state index in [1.54, 1.807) is 24.3 Å². The van der Waals surface area contributed by atoms with Gasteiger partial charge in [-0.3, -0.25) is 9.59 Å². The zero-order chi connectivity index (χ0) is 91.1. The van der Waals surface area contributed by atoms with Crippen LogP contribution in [0.15, 0.2) is 84.9 Å². The summed E-state index contributed by atoms with van der Waals surface area (Å²) in [7, 11) is 0. The molecule has 8 fully saturated rings. The van der Waals surface area contributed by atoms with Gasteiger partial charge in [-0.15, -0.1) is 0 Å². The number of ether oxygens (including phenoxy) is 16. The number of hydrogen-bond donors (Lipinski definition) is 30. The minimum absolute atomic E-state index is 0.0421. The van der Waals surface area contributed by atoms with E-state index in [1.807, 2.05) is 0 Å². The van der Waals surface area contributed by atoms with Crippen LogP contribution in [-0.2, 0) is 102 Å². The molecule has 0 spiro atoms. The molecule has 8 aliphatic heterocycles. The number of aliphatic hydroxyl groups is 28. The third-order valence-electron chi connectivity index (χ3n) is 22.7. The first kappa shape index (κ1) is 99.1. The van der Waals surface area contributed by atoms with Crippen LogP contribution in [-0.4, -0.2) is 453 Å². The van der Waals surface area contributed by atoms with Gasteiger partial charge < -0.3 is 229 Å². The summed E-state index contributed by atoms with van der Waals surface area (Å²) in [5.74, 6) is -1.43. The highest BCUT2D eigenvalue weighted by molar-refractivity contribution is 6.05. The summed E-state index contributed by atoms with van der Waals surface area (Å²) in [6, 6.07) is 20.7. The number of nitrogens with one attached hydrogen (secondary N) is 2. The summed E-state index contributed by atoms with van der Waals surface area (Å²) in [5, 5.41) is 302. The zero-order valence-corrected chi connectivity index (χ0v) is 66.5. The third kappa shape index (κ3) is 22.2. The number of carbonyl (C=O) groups excluding carboxylic acids is 2. The van der Waals surface area contributed by atoms with Crippen LogP contribution in [0.4, 0.5) is 11.4 Å². The third-order valence-corrected chi connectivity index (χ3v) is 22.7. The molecular formula is C78H108N2O46. The molecule has 0 bridgehead atoms. The molecule has 48 nitrogen and oxygen atoms in total. The minimum atomic E-state index is -1.98. The molecule has 0 radical (unpaired) electrons. The molecule has 2 amide bonds. The van der Waals surface area contributed by atoms with Gasteiger partial charge in [0.1, 0.15) is 195 Å². The monoisotopic (exact) mass is 1810 g/mol. The van der Waals surface area contributed by atoms with Crippen LogP contribution >= 0.6 is 0 Å². The molecule has 8 aliphatic rings. The SMILES string of the molecule is O=C(Nc1cc(CO[C@@H]2O[C@H](CO)[C@@H](O[C@@H]3O[C@H](CO)[C@H](O)[C@H](O)[C@H]3O)[C@H](O)[C@H]2O)cc(CO[C@@H]2O[C@H](CO)[C@@H](O[C@@H]3O[C@H](CO)[C@H](O)[C@H](O)[C@H]3O)[C@H](O)[C@H]2O)c1)c1ccc(-c2ccc(C(=O)Nc3cc(CO[C@@H]4O[C@H](CO)[C@@H](O[C@@H]5O[C@H](CO)[C@H](O)[C@H](O)[C@H]5O)[C@H](O)[C@H]4O)cc(CO[C@@H]4O[C@H](CO)[C@@H](O[C@@H]5O[C@H](CO)[C@H](O)[C@H](O)[C@H]5O)[C@H](O)[C@H]4O)c3)cc2)cc1. The number of hydrogen-bond acceptors (Lipinski definition) is 46. The maximum atomic E-state index is 14.2. The maximum Gasteiger partial charge on any atom is 0.255 e. The molecule has 8 saturated heterocycles.